The van der Waals surface area contributed by atoms with Gasteiger partial charge in [0.2, 0.25) is 0 Å². The van der Waals surface area contributed by atoms with E-state index in [0.717, 1.165) is 55.5 Å². The molecule has 0 radical (unpaired) electrons. The fourth-order valence-corrected chi connectivity index (χ4v) is 2.83. The number of hydrogen-bond donors (Lipinski definition) is 1. The van der Waals surface area contributed by atoms with Gasteiger partial charge in [-0.05, 0) is 25.6 Å². The minimum Gasteiger partial charge on any atom is -0.383 e. The van der Waals surface area contributed by atoms with Crippen molar-refractivity contribution in [1.29, 1.82) is 0 Å². The SMILES string of the molecule is CCc1c(N2CCN(C)CC2)nn(-c2ccccc2)c1N. The van der Waals surface area contributed by atoms with E-state index in [4.69, 9.17) is 10.8 Å². The summed E-state index contributed by atoms with van der Waals surface area (Å²) in [6.45, 7) is 6.30. The Morgan fingerprint density at radius 1 is 1.10 bits per heavy atom. The molecule has 0 amide bonds. The summed E-state index contributed by atoms with van der Waals surface area (Å²) in [5.74, 6) is 1.81. The molecule has 21 heavy (non-hydrogen) atoms. The molecule has 0 saturated carbocycles. The second kappa shape index (κ2) is 5.77. The number of piperazine rings is 1. The zero-order chi connectivity index (χ0) is 14.8. The summed E-state index contributed by atoms with van der Waals surface area (Å²) in [5, 5.41) is 4.80. The predicted molar refractivity (Wildman–Crippen MR) is 87.1 cm³/mol. The van der Waals surface area contributed by atoms with Gasteiger partial charge in [-0.2, -0.15) is 0 Å². The molecule has 112 valence electrons. The number of anilines is 2. The maximum absolute atomic E-state index is 6.34. The number of aromatic nitrogens is 2. The molecular formula is C16H23N5. The Bertz CT molecular complexity index is 597. The van der Waals surface area contributed by atoms with Crippen molar-refractivity contribution in [1.82, 2.24) is 14.7 Å². The van der Waals surface area contributed by atoms with Crippen LogP contribution in [0.3, 0.4) is 0 Å². The van der Waals surface area contributed by atoms with Crippen LogP contribution in [0, 0.1) is 0 Å². The summed E-state index contributed by atoms with van der Waals surface area (Å²) < 4.78 is 1.87. The van der Waals surface area contributed by atoms with E-state index in [1.165, 1.54) is 0 Å². The van der Waals surface area contributed by atoms with Crippen molar-refractivity contribution >= 4 is 11.6 Å². The maximum atomic E-state index is 6.34. The Kier molecular flexibility index (Phi) is 3.84. The standard InChI is InChI=1S/C16H23N5/c1-3-14-15(17)21(13-7-5-4-6-8-13)18-16(14)20-11-9-19(2)10-12-20/h4-8H,3,9-12,17H2,1-2H3. The third kappa shape index (κ3) is 2.61. The van der Waals surface area contributed by atoms with Gasteiger partial charge in [0, 0.05) is 31.7 Å². The highest BCUT2D eigenvalue weighted by Gasteiger charge is 2.22. The van der Waals surface area contributed by atoms with E-state index >= 15 is 0 Å². The van der Waals surface area contributed by atoms with E-state index in [0.29, 0.717) is 0 Å². The molecule has 1 aliphatic rings. The molecule has 2 heterocycles. The van der Waals surface area contributed by atoms with Crippen LogP contribution >= 0.6 is 0 Å². The van der Waals surface area contributed by atoms with Crippen molar-refractivity contribution in [2.24, 2.45) is 0 Å². The van der Waals surface area contributed by atoms with Crippen LogP contribution in [0.5, 0.6) is 0 Å². The van der Waals surface area contributed by atoms with Gasteiger partial charge in [0.05, 0.1) is 5.69 Å². The van der Waals surface area contributed by atoms with Crippen molar-refractivity contribution < 1.29 is 0 Å². The first-order valence-electron chi connectivity index (χ1n) is 7.57. The van der Waals surface area contributed by atoms with E-state index in [2.05, 4.69) is 23.8 Å². The Labute approximate surface area is 126 Å². The lowest BCUT2D eigenvalue weighted by molar-refractivity contribution is 0.311. The molecule has 0 atom stereocenters. The molecule has 0 bridgehead atoms. The average Bonchev–Trinajstić information content (AvgIpc) is 2.85. The quantitative estimate of drug-likeness (QED) is 0.934. The van der Waals surface area contributed by atoms with Gasteiger partial charge in [0.1, 0.15) is 5.82 Å². The maximum Gasteiger partial charge on any atom is 0.156 e. The van der Waals surface area contributed by atoms with Crippen LogP contribution in [0.15, 0.2) is 30.3 Å². The minimum atomic E-state index is 0.762. The highest BCUT2D eigenvalue weighted by Crippen LogP contribution is 2.28. The number of nitrogen functional groups attached to an aromatic ring is 1. The molecule has 5 nitrogen and oxygen atoms in total. The van der Waals surface area contributed by atoms with Gasteiger partial charge in [-0.3, -0.25) is 0 Å². The smallest absolute Gasteiger partial charge is 0.156 e. The van der Waals surface area contributed by atoms with Gasteiger partial charge in [-0.15, -0.1) is 5.10 Å². The van der Waals surface area contributed by atoms with Gasteiger partial charge < -0.3 is 15.5 Å². The summed E-state index contributed by atoms with van der Waals surface area (Å²) in [5.41, 5.74) is 8.52. The number of nitrogens with two attached hydrogens (primary N) is 1. The molecule has 1 saturated heterocycles. The Morgan fingerprint density at radius 3 is 2.38 bits per heavy atom. The molecule has 1 fully saturated rings. The molecule has 3 rings (SSSR count). The monoisotopic (exact) mass is 285 g/mol. The van der Waals surface area contributed by atoms with Crippen molar-refractivity contribution in [3.8, 4) is 5.69 Å². The van der Waals surface area contributed by atoms with E-state index in [1.54, 1.807) is 0 Å². The van der Waals surface area contributed by atoms with Gasteiger partial charge in [0.15, 0.2) is 5.82 Å². The summed E-state index contributed by atoms with van der Waals surface area (Å²) in [7, 11) is 2.16. The number of hydrogen-bond acceptors (Lipinski definition) is 4. The number of benzene rings is 1. The van der Waals surface area contributed by atoms with E-state index in [1.807, 2.05) is 35.0 Å². The highest BCUT2D eigenvalue weighted by atomic mass is 15.4. The van der Waals surface area contributed by atoms with Crippen molar-refractivity contribution in [2.45, 2.75) is 13.3 Å². The number of para-hydroxylation sites is 1. The third-order valence-electron chi connectivity index (χ3n) is 4.16. The Morgan fingerprint density at radius 2 is 1.76 bits per heavy atom. The molecule has 1 aliphatic heterocycles. The Hall–Kier alpha value is -2.01. The second-order valence-corrected chi connectivity index (χ2v) is 5.58. The molecule has 0 unspecified atom stereocenters. The summed E-state index contributed by atoms with van der Waals surface area (Å²) in [6.07, 6.45) is 0.903. The molecule has 2 N–H and O–H groups in total. The molecule has 1 aromatic carbocycles. The van der Waals surface area contributed by atoms with Gasteiger partial charge in [0.25, 0.3) is 0 Å². The predicted octanol–water partition coefficient (Wildman–Crippen LogP) is 1.77. The lowest BCUT2D eigenvalue weighted by Crippen LogP contribution is -2.45. The normalized spacial score (nSPS) is 16.4. The van der Waals surface area contributed by atoms with Crippen LogP contribution in [0.1, 0.15) is 12.5 Å². The fraction of sp³-hybridized carbons (Fsp3) is 0.438. The van der Waals surface area contributed by atoms with Gasteiger partial charge in [-0.25, -0.2) is 4.68 Å². The summed E-state index contributed by atoms with van der Waals surface area (Å²) >= 11 is 0. The zero-order valence-electron chi connectivity index (χ0n) is 12.8. The van der Waals surface area contributed by atoms with Gasteiger partial charge in [-0.1, -0.05) is 25.1 Å². The van der Waals surface area contributed by atoms with Crippen LogP contribution in [0.25, 0.3) is 5.69 Å². The van der Waals surface area contributed by atoms with Crippen molar-refractivity contribution in [3.63, 3.8) is 0 Å². The number of likely N-dealkylation sites (N-methyl/N-ethyl adjacent to an activating group) is 1. The van der Waals surface area contributed by atoms with Gasteiger partial charge >= 0.3 is 0 Å². The van der Waals surface area contributed by atoms with Crippen LogP contribution in [-0.2, 0) is 6.42 Å². The third-order valence-corrected chi connectivity index (χ3v) is 4.16. The fourth-order valence-electron chi connectivity index (χ4n) is 2.83. The largest absolute Gasteiger partial charge is 0.383 e. The van der Waals surface area contributed by atoms with Crippen LogP contribution < -0.4 is 10.6 Å². The first-order valence-corrected chi connectivity index (χ1v) is 7.57. The first-order chi connectivity index (χ1) is 10.2. The highest BCUT2D eigenvalue weighted by molar-refractivity contribution is 5.61. The molecule has 2 aromatic rings. The molecule has 0 aliphatic carbocycles. The van der Waals surface area contributed by atoms with E-state index in [9.17, 15) is 0 Å². The molecule has 1 aromatic heterocycles. The lowest BCUT2D eigenvalue weighted by Gasteiger charge is -2.33. The van der Waals surface area contributed by atoms with Crippen molar-refractivity contribution in [3.05, 3.63) is 35.9 Å². The second-order valence-electron chi connectivity index (χ2n) is 5.58. The molecule has 0 spiro atoms. The average molecular weight is 285 g/mol. The lowest BCUT2D eigenvalue weighted by atomic mass is 10.2. The van der Waals surface area contributed by atoms with Crippen LogP contribution in [0.4, 0.5) is 11.6 Å². The summed E-state index contributed by atoms with van der Waals surface area (Å²) in [4.78, 5) is 4.70. The number of nitrogens with zero attached hydrogens (tertiary/aromatic N) is 4. The van der Waals surface area contributed by atoms with E-state index in [-0.39, 0.29) is 0 Å². The molecular weight excluding hydrogens is 262 g/mol. The summed E-state index contributed by atoms with van der Waals surface area (Å²) in [6, 6.07) is 10.1. The van der Waals surface area contributed by atoms with Crippen LogP contribution in [-0.4, -0.2) is 47.9 Å². The van der Waals surface area contributed by atoms with Crippen LogP contribution in [0.2, 0.25) is 0 Å². The zero-order valence-corrected chi connectivity index (χ0v) is 12.8. The Balaban J connectivity index is 1.98. The van der Waals surface area contributed by atoms with Crippen molar-refractivity contribution in [2.75, 3.05) is 43.9 Å². The number of rotatable bonds is 3. The topological polar surface area (TPSA) is 50.3 Å². The first kappa shape index (κ1) is 13.9. The molecule has 5 heteroatoms. The minimum absolute atomic E-state index is 0.762. The van der Waals surface area contributed by atoms with E-state index < -0.39 is 0 Å².